The van der Waals surface area contributed by atoms with Gasteiger partial charge in [-0.2, -0.15) is 0 Å². The molecule has 1 aliphatic carbocycles. The van der Waals surface area contributed by atoms with Gasteiger partial charge in [0.2, 0.25) is 0 Å². The van der Waals surface area contributed by atoms with Gasteiger partial charge < -0.3 is 5.32 Å². The minimum atomic E-state index is 0.442. The summed E-state index contributed by atoms with van der Waals surface area (Å²) >= 11 is 0. The Labute approximate surface area is 130 Å². The summed E-state index contributed by atoms with van der Waals surface area (Å²) in [4.78, 5) is 2.70. The number of hydrogen-bond donors (Lipinski definition) is 1. The molecule has 1 unspecified atom stereocenters. The van der Waals surface area contributed by atoms with Crippen LogP contribution in [0.15, 0.2) is 18.2 Å². The van der Waals surface area contributed by atoms with Crippen LogP contribution in [0.5, 0.6) is 0 Å². The lowest BCUT2D eigenvalue weighted by Gasteiger charge is -2.28. The van der Waals surface area contributed by atoms with Gasteiger partial charge in [0.05, 0.1) is 0 Å². The van der Waals surface area contributed by atoms with Crippen LogP contribution in [-0.4, -0.2) is 31.1 Å². The average molecular weight is 288 g/mol. The fourth-order valence-corrected chi connectivity index (χ4v) is 2.87. The summed E-state index contributed by atoms with van der Waals surface area (Å²) in [7, 11) is 2.09. The SMILES string of the molecule is CNC(CN(CCC(C)C)C1CC1)c1ccc(C)c(C)c1. The first-order valence-electron chi connectivity index (χ1n) is 8.49. The van der Waals surface area contributed by atoms with Crippen LogP contribution >= 0.6 is 0 Å². The molecule has 118 valence electrons. The first-order valence-corrected chi connectivity index (χ1v) is 8.49. The molecule has 1 aromatic carbocycles. The molecular formula is C19H32N2. The van der Waals surface area contributed by atoms with E-state index in [1.54, 1.807) is 0 Å². The van der Waals surface area contributed by atoms with E-state index in [1.807, 2.05) is 0 Å². The third-order valence-electron chi connectivity index (χ3n) is 4.76. The highest BCUT2D eigenvalue weighted by Crippen LogP contribution is 2.29. The van der Waals surface area contributed by atoms with Crippen LogP contribution in [0.3, 0.4) is 0 Å². The second kappa shape index (κ2) is 7.42. The van der Waals surface area contributed by atoms with Crippen molar-refractivity contribution in [3.8, 4) is 0 Å². The van der Waals surface area contributed by atoms with Gasteiger partial charge >= 0.3 is 0 Å². The number of nitrogens with zero attached hydrogens (tertiary/aromatic N) is 1. The summed E-state index contributed by atoms with van der Waals surface area (Å²) in [6.45, 7) is 11.4. The summed E-state index contributed by atoms with van der Waals surface area (Å²) in [5.41, 5.74) is 4.20. The molecule has 21 heavy (non-hydrogen) atoms. The van der Waals surface area contributed by atoms with Gasteiger partial charge in [0.25, 0.3) is 0 Å². The number of likely N-dealkylation sites (N-methyl/N-ethyl adjacent to an activating group) is 1. The van der Waals surface area contributed by atoms with E-state index in [-0.39, 0.29) is 0 Å². The summed E-state index contributed by atoms with van der Waals surface area (Å²) < 4.78 is 0. The summed E-state index contributed by atoms with van der Waals surface area (Å²) in [6, 6.07) is 8.18. The fraction of sp³-hybridized carbons (Fsp3) is 0.684. The van der Waals surface area contributed by atoms with Gasteiger partial charge in [0.1, 0.15) is 0 Å². The van der Waals surface area contributed by atoms with Crippen molar-refractivity contribution < 1.29 is 0 Å². The molecule has 2 nitrogen and oxygen atoms in total. The van der Waals surface area contributed by atoms with Crippen molar-refractivity contribution in [2.75, 3.05) is 20.1 Å². The summed E-state index contributed by atoms with van der Waals surface area (Å²) in [5, 5.41) is 3.52. The van der Waals surface area contributed by atoms with E-state index in [9.17, 15) is 0 Å². The minimum absolute atomic E-state index is 0.442. The number of benzene rings is 1. The van der Waals surface area contributed by atoms with Crippen molar-refractivity contribution in [2.45, 2.75) is 59.0 Å². The van der Waals surface area contributed by atoms with Gasteiger partial charge in [-0.05, 0) is 69.3 Å². The topological polar surface area (TPSA) is 15.3 Å². The molecule has 0 heterocycles. The van der Waals surface area contributed by atoms with Crippen molar-refractivity contribution in [1.29, 1.82) is 0 Å². The largest absolute Gasteiger partial charge is 0.312 e. The molecule has 1 atom stereocenters. The zero-order valence-corrected chi connectivity index (χ0v) is 14.4. The summed E-state index contributed by atoms with van der Waals surface area (Å²) in [5.74, 6) is 0.793. The molecule has 0 bridgehead atoms. The Balaban J connectivity index is 2.03. The smallest absolute Gasteiger partial charge is 0.0447 e. The molecule has 0 spiro atoms. The van der Waals surface area contributed by atoms with E-state index < -0.39 is 0 Å². The number of aryl methyl sites for hydroxylation is 2. The summed E-state index contributed by atoms with van der Waals surface area (Å²) in [6.07, 6.45) is 4.09. The van der Waals surface area contributed by atoms with Crippen LogP contribution in [0.1, 0.15) is 55.8 Å². The quantitative estimate of drug-likeness (QED) is 0.775. The van der Waals surface area contributed by atoms with E-state index in [4.69, 9.17) is 0 Å². The van der Waals surface area contributed by atoms with E-state index in [2.05, 4.69) is 63.2 Å². The molecule has 1 N–H and O–H groups in total. The van der Waals surface area contributed by atoms with Gasteiger partial charge in [-0.3, -0.25) is 4.90 Å². The highest BCUT2D eigenvalue weighted by Gasteiger charge is 2.30. The first kappa shape index (κ1) is 16.5. The van der Waals surface area contributed by atoms with Gasteiger partial charge in [-0.15, -0.1) is 0 Å². The number of nitrogens with one attached hydrogen (secondary N) is 1. The van der Waals surface area contributed by atoms with Crippen molar-refractivity contribution in [1.82, 2.24) is 10.2 Å². The van der Waals surface area contributed by atoms with Crippen LogP contribution in [0.4, 0.5) is 0 Å². The van der Waals surface area contributed by atoms with Gasteiger partial charge in [0, 0.05) is 18.6 Å². The minimum Gasteiger partial charge on any atom is -0.312 e. The predicted octanol–water partition coefficient (Wildman–Crippen LogP) is 4.07. The molecule has 2 rings (SSSR count). The molecule has 1 aromatic rings. The highest BCUT2D eigenvalue weighted by molar-refractivity contribution is 5.32. The fourth-order valence-electron chi connectivity index (χ4n) is 2.87. The van der Waals surface area contributed by atoms with Crippen LogP contribution in [-0.2, 0) is 0 Å². The third-order valence-corrected chi connectivity index (χ3v) is 4.76. The van der Waals surface area contributed by atoms with Crippen LogP contribution in [0, 0.1) is 19.8 Å². The van der Waals surface area contributed by atoms with E-state index >= 15 is 0 Å². The molecule has 0 aromatic heterocycles. The lowest BCUT2D eigenvalue weighted by Crippen LogP contribution is -2.36. The lowest BCUT2D eigenvalue weighted by molar-refractivity contribution is 0.224. The normalized spacial score (nSPS) is 16.7. The molecule has 1 aliphatic rings. The van der Waals surface area contributed by atoms with Gasteiger partial charge in [0.15, 0.2) is 0 Å². The number of hydrogen-bond acceptors (Lipinski definition) is 2. The number of rotatable bonds is 8. The van der Waals surface area contributed by atoms with Gasteiger partial charge in [-0.1, -0.05) is 32.0 Å². The molecular weight excluding hydrogens is 256 g/mol. The lowest BCUT2D eigenvalue weighted by atomic mass is 10.0. The van der Waals surface area contributed by atoms with Crippen LogP contribution in [0.25, 0.3) is 0 Å². The van der Waals surface area contributed by atoms with Gasteiger partial charge in [-0.25, -0.2) is 0 Å². The molecule has 1 saturated carbocycles. The molecule has 0 amide bonds. The van der Waals surface area contributed by atoms with Crippen LogP contribution in [0.2, 0.25) is 0 Å². The second-order valence-electron chi connectivity index (χ2n) is 7.09. The monoisotopic (exact) mass is 288 g/mol. The predicted molar refractivity (Wildman–Crippen MR) is 91.8 cm³/mol. The molecule has 0 radical (unpaired) electrons. The zero-order valence-electron chi connectivity index (χ0n) is 14.4. The Morgan fingerprint density at radius 2 is 1.90 bits per heavy atom. The van der Waals surface area contributed by atoms with Crippen LogP contribution < -0.4 is 5.32 Å². The standard InChI is InChI=1S/C19H32N2/c1-14(2)10-11-21(18-8-9-18)13-19(20-5)17-7-6-15(3)16(4)12-17/h6-7,12,14,18-20H,8-11,13H2,1-5H3. The molecule has 0 saturated heterocycles. The Morgan fingerprint density at radius 1 is 1.19 bits per heavy atom. The maximum Gasteiger partial charge on any atom is 0.0447 e. The Bertz CT molecular complexity index is 449. The maximum atomic E-state index is 3.52. The zero-order chi connectivity index (χ0) is 15.4. The van der Waals surface area contributed by atoms with Crippen molar-refractivity contribution >= 4 is 0 Å². The average Bonchev–Trinajstić information content (AvgIpc) is 3.27. The Morgan fingerprint density at radius 3 is 2.43 bits per heavy atom. The van der Waals surface area contributed by atoms with E-state index in [1.165, 1.54) is 42.5 Å². The maximum absolute atomic E-state index is 3.52. The highest BCUT2D eigenvalue weighted by atomic mass is 15.2. The molecule has 1 fully saturated rings. The van der Waals surface area contributed by atoms with Crippen molar-refractivity contribution in [2.24, 2.45) is 5.92 Å². The molecule has 2 heteroatoms. The van der Waals surface area contributed by atoms with E-state index in [0.717, 1.165) is 18.5 Å². The molecule has 0 aliphatic heterocycles. The first-order chi connectivity index (χ1) is 10.0. The van der Waals surface area contributed by atoms with Crippen molar-refractivity contribution in [3.63, 3.8) is 0 Å². The Hall–Kier alpha value is -0.860. The van der Waals surface area contributed by atoms with Crippen molar-refractivity contribution in [3.05, 3.63) is 34.9 Å². The Kier molecular flexibility index (Phi) is 5.83. The third kappa shape index (κ3) is 4.82. The van der Waals surface area contributed by atoms with E-state index in [0.29, 0.717) is 6.04 Å². The second-order valence-corrected chi connectivity index (χ2v) is 7.09.